The molecule has 1 saturated heterocycles. The van der Waals surface area contributed by atoms with E-state index in [1.165, 1.54) is 11.8 Å². The van der Waals surface area contributed by atoms with Crippen LogP contribution in [0.3, 0.4) is 0 Å². The number of nitrogens with one attached hydrogen (secondary N) is 2. The third-order valence-corrected chi connectivity index (χ3v) is 4.98. The summed E-state index contributed by atoms with van der Waals surface area (Å²) in [6.07, 6.45) is 2.33. The lowest BCUT2D eigenvalue weighted by Crippen LogP contribution is -2.34. The zero-order valence-electron chi connectivity index (χ0n) is 13.0. The van der Waals surface area contributed by atoms with Crippen LogP contribution in [-0.2, 0) is 9.59 Å². The molecule has 1 aliphatic carbocycles. The number of rotatable bonds is 5. The van der Waals surface area contributed by atoms with Crippen molar-refractivity contribution in [3.63, 3.8) is 0 Å². The van der Waals surface area contributed by atoms with Gasteiger partial charge in [-0.15, -0.1) is 11.8 Å². The van der Waals surface area contributed by atoms with Crippen LogP contribution in [0.2, 0.25) is 0 Å². The van der Waals surface area contributed by atoms with Gasteiger partial charge in [-0.3, -0.25) is 14.7 Å². The molecule has 0 bridgehead atoms. The Balaban J connectivity index is 1.43. The van der Waals surface area contributed by atoms with Gasteiger partial charge in [-0.25, -0.2) is 4.98 Å². The highest BCUT2D eigenvalue weighted by atomic mass is 32.2. The van der Waals surface area contributed by atoms with Gasteiger partial charge in [-0.2, -0.15) is 5.10 Å². The molecule has 7 nitrogen and oxygen atoms in total. The highest BCUT2D eigenvalue weighted by molar-refractivity contribution is 8.00. The number of H-pyrrole nitrogens is 1. The average molecular weight is 343 g/mol. The van der Waals surface area contributed by atoms with Crippen LogP contribution < -0.4 is 5.32 Å². The lowest BCUT2D eigenvalue weighted by atomic mass is 10.2. The topological polar surface area (TPSA) is 91.0 Å². The smallest absolute Gasteiger partial charge is 0.244 e. The summed E-state index contributed by atoms with van der Waals surface area (Å²) >= 11 is 1.52. The Morgan fingerprint density at radius 3 is 3.04 bits per heavy atom. The predicted molar refractivity (Wildman–Crippen MR) is 91.5 cm³/mol. The van der Waals surface area contributed by atoms with E-state index >= 15 is 0 Å². The largest absolute Gasteiger partial charge is 0.325 e. The fourth-order valence-electron chi connectivity index (χ4n) is 2.59. The number of carbonyl (C=O) groups is 2. The van der Waals surface area contributed by atoms with Crippen molar-refractivity contribution in [1.82, 2.24) is 20.1 Å². The van der Waals surface area contributed by atoms with E-state index in [0.29, 0.717) is 29.1 Å². The average Bonchev–Trinajstić information content (AvgIpc) is 3.17. The molecule has 8 heteroatoms. The van der Waals surface area contributed by atoms with Crippen molar-refractivity contribution >= 4 is 29.3 Å². The van der Waals surface area contributed by atoms with Crippen LogP contribution in [0.15, 0.2) is 24.3 Å². The van der Waals surface area contributed by atoms with Crippen LogP contribution in [0.4, 0.5) is 5.69 Å². The molecule has 124 valence electrons. The van der Waals surface area contributed by atoms with Crippen molar-refractivity contribution in [2.45, 2.75) is 18.8 Å². The number of amides is 2. The molecule has 1 saturated carbocycles. The van der Waals surface area contributed by atoms with E-state index in [0.717, 1.165) is 24.2 Å². The maximum atomic E-state index is 12.1. The van der Waals surface area contributed by atoms with Crippen molar-refractivity contribution in [2.24, 2.45) is 0 Å². The standard InChI is InChI=1S/C16H17N5O2S/c22-13(7-21-9-24-8-14(21)23)17-12-3-1-2-11(6-12)16-18-15(19-20-16)10-4-5-10/h1-3,6,10H,4-5,7-9H2,(H,17,22)(H,18,19,20). The molecule has 24 heavy (non-hydrogen) atoms. The van der Waals surface area contributed by atoms with Crippen LogP contribution in [-0.4, -0.2) is 50.1 Å². The molecule has 0 unspecified atom stereocenters. The van der Waals surface area contributed by atoms with E-state index in [4.69, 9.17) is 0 Å². The Labute approximate surface area is 143 Å². The first-order chi connectivity index (χ1) is 11.7. The molecule has 0 spiro atoms. The molecule has 2 N–H and O–H groups in total. The molecule has 2 aliphatic rings. The van der Waals surface area contributed by atoms with Gasteiger partial charge in [0.25, 0.3) is 0 Å². The number of carbonyl (C=O) groups excluding carboxylic acids is 2. The van der Waals surface area contributed by atoms with Gasteiger partial charge >= 0.3 is 0 Å². The minimum Gasteiger partial charge on any atom is -0.325 e. The minimum absolute atomic E-state index is 0.0113. The second-order valence-corrected chi connectivity index (χ2v) is 6.97. The third kappa shape index (κ3) is 3.28. The summed E-state index contributed by atoms with van der Waals surface area (Å²) in [5.41, 5.74) is 1.53. The molecule has 1 aliphatic heterocycles. The number of nitrogens with zero attached hydrogens (tertiary/aromatic N) is 3. The second kappa shape index (κ2) is 6.27. The maximum absolute atomic E-state index is 12.1. The first-order valence-electron chi connectivity index (χ1n) is 7.87. The summed E-state index contributed by atoms with van der Waals surface area (Å²) in [4.78, 5) is 29.8. The normalized spacial score (nSPS) is 17.3. The molecular formula is C16H17N5O2S. The van der Waals surface area contributed by atoms with Crippen molar-refractivity contribution < 1.29 is 9.59 Å². The fourth-order valence-corrected chi connectivity index (χ4v) is 3.50. The van der Waals surface area contributed by atoms with E-state index < -0.39 is 0 Å². The van der Waals surface area contributed by atoms with Gasteiger partial charge in [-0.1, -0.05) is 12.1 Å². The molecule has 0 atom stereocenters. The lowest BCUT2D eigenvalue weighted by molar-refractivity contribution is -0.130. The van der Waals surface area contributed by atoms with Crippen LogP contribution in [0.1, 0.15) is 24.6 Å². The summed E-state index contributed by atoms with van der Waals surface area (Å²) in [6, 6.07) is 7.43. The van der Waals surface area contributed by atoms with E-state index in [9.17, 15) is 9.59 Å². The van der Waals surface area contributed by atoms with Crippen molar-refractivity contribution in [2.75, 3.05) is 23.5 Å². The SMILES string of the molecule is O=C(CN1CSCC1=O)Nc1cccc(-c2n[nH]c(C3CC3)n2)c1. The molecule has 2 heterocycles. The van der Waals surface area contributed by atoms with Crippen LogP contribution in [0.25, 0.3) is 11.4 Å². The summed E-state index contributed by atoms with van der Waals surface area (Å²) in [5, 5.41) is 10.1. The highest BCUT2D eigenvalue weighted by Crippen LogP contribution is 2.38. The van der Waals surface area contributed by atoms with Crippen LogP contribution in [0.5, 0.6) is 0 Å². The van der Waals surface area contributed by atoms with Gasteiger partial charge in [0.2, 0.25) is 11.8 Å². The Kier molecular flexibility index (Phi) is 3.97. The Bertz CT molecular complexity index is 786. The number of thioether (sulfide) groups is 1. The maximum Gasteiger partial charge on any atom is 0.244 e. The Morgan fingerprint density at radius 2 is 2.29 bits per heavy atom. The summed E-state index contributed by atoms with van der Waals surface area (Å²) < 4.78 is 0. The Hall–Kier alpha value is -2.35. The Morgan fingerprint density at radius 1 is 1.42 bits per heavy atom. The summed E-state index contributed by atoms with van der Waals surface area (Å²) in [5.74, 6) is 2.94. The number of hydrogen-bond acceptors (Lipinski definition) is 5. The van der Waals surface area contributed by atoms with Crippen LogP contribution >= 0.6 is 11.8 Å². The molecule has 2 fully saturated rings. The predicted octanol–water partition coefficient (Wildman–Crippen LogP) is 1.82. The summed E-state index contributed by atoms with van der Waals surface area (Å²) in [6.45, 7) is 0.0859. The quantitative estimate of drug-likeness (QED) is 0.864. The van der Waals surface area contributed by atoms with Crippen LogP contribution in [0, 0.1) is 0 Å². The fraction of sp³-hybridized carbons (Fsp3) is 0.375. The highest BCUT2D eigenvalue weighted by Gasteiger charge is 2.27. The molecule has 4 rings (SSSR count). The first kappa shape index (κ1) is 15.2. The lowest BCUT2D eigenvalue weighted by Gasteiger charge is -2.14. The summed E-state index contributed by atoms with van der Waals surface area (Å²) in [7, 11) is 0. The van der Waals surface area contributed by atoms with E-state index in [1.54, 1.807) is 4.90 Å². The zero-order chi connectivity index (χ0) is 16.5. The molecule has 2 amide bonds. The van der Waals surface area contributed by atoms with Gasteiger partial charge in [-0.05, 0) is 25.0 Å². The first-order valence-corrected chi connectivity index (χ1v) is 9.02. The molecule has 2 aromatic rings. The van der Waals surface area contributed by atoms with Gasteiger partial charge < -0.3 is 10.2 Å². The zero-order valence-corrected chi connectivity index (χ0v) is 13.8. The van der Waals surface area contributed by atoms with Gasteiger partial charge in [0, 0.05) is 17.2 Å². The minimum atomic E-state index is -0.198. The number of benzene rings is 1. The number of aromatic amines is 1. The number of aromatic nitrogens is 3. The van der Waals surface area contributed by atoms with E-state index in [1.807, 2.05) is 24.3 Å². The van der Waals surface area contributed by atoms with Crippen molar-refractivity contribution in [1.29, 1.82) is 0 Å². The number of anilines is 1. The molecular weight excluding hydrogens is 326 g/mol. The van der Waals surface area contributed by atoms with Gasteiger partial charge in [0.05, 0.1) is 11.6 Å². The second-order valence-electron chi connectivity index (χ2n) is 6.02. The molecule has 0 radical (unpaired) electrons. The monoisotopic (exact) mass is 343 g/mol. The van der Waals surface area contributed by atoms with Crippen molar-refractivity contribution in [3.05, 3.63) is 30.1 Å². The van der Waals surface area contributed by atoms with Gasteiger partial charge in [0.1, 0.15) is 12.4 Å². The number of hydrogen-bond donors (Lipinski definition) is 2. The van der Waals surface area contributed by atoms with Gasteiger partial charge in [0.15, 0.2) is 5.82 Å². The molecule has 1 aromatic heterocycles. The van der Waals surface area contributed by atoms with E-state index in [-0.39, 0.29) is 18.4 Å². The van der Waals surface area contributed by atoms with E-state index in [2.05, 4.69) is 20.5 Å². The molecule has 1 aromatic carbocycles. The van der Waals surface area contributed by atoms with Crippen molar-refractivity contribution in [3.8, 4) is 11.4 Å². The third-order valence-electron chi connectivity index (χ3n) is 4.03.